The van der Waals surface area contributed by atoms with Crippen LogP contribution in [0.1, 0.15) is 84.5 Å². The Balaban J connectivity index is 1.37. The number of aliphatic hydroxyl groups excluding tert-OH is 1. The summed E-state index contributed by atoms with van der Waals surface area (Å²) in [6, 6.07) is 0. The molecule has 5 rings (SSSR count). The van der Waals surface area contributed by atoms with Crippen molar-refractivity contribution in [1.29, 1.82) is 0 Å². The highest BCUT2D eigenvalue weighted by Gasteiger charge is 2.64. The predicted molar refractivity (Wildman–Crippen MR) is 100.0 cm³/mol. The third kappa shape index (κ3) is 2.42. The molecule has 2 nitrogen and oxygen atoms in total. The molecule has 0 bridgehead atoms. The van der Waals surface area contributed by atoms with Crippen LogP contribution in [0.2, 0.25) is 0 Å². The van der Waals surface area contributed by atoms with Crippen LogP contribution in [-0.2, 0) is 0 Å². The van der Waals surface area contributed by atoms with Crippen LogP contribution in [0.3, 0.4) is 0 Å². The molecule has 25 heavy (non-hydrogen) atoms. The molecule has 2 N–H and O–H groups in total. The maximum Gasteiger partial charge on any atom is 0.0622 e. The van der Waals surface area contributed by atoms with Gasteiger partial charge in [0.05, 0.1) is 5.60 Å². The van der Waals surface area contributed by atoms with Crippen LogP contribution < -0.4 is 0 Å². The molecule has 5 aliphatic carbocycles. The summed E-state index contributed by atoms with van der Waals surface area (Å²) in [5.41, 5.74) is 0.430. The molecular formula is C23H38O2. The minimum Gasteiger partial charge on any atom is -0.396 e. The van der Waals surface area contributed by atoms with Crippen LogP contribution in [-0.4, -0.2) is 22.4 Å². The van der Waals surface area contributed by atoms with Crippen LogP contribution in [0, 0.1) is 46.3 Å². The fraction of sp³-hybridized carbons (Fsp3) is 1.00. The molecule has 0 heterocycles. The summed E-state index contributed by atoms with van der Waals surface area (Å²) in [4.78, 5) is 0. The Bertz CT molecular complexity index is 536. The minimum atomic E-state index is -0.394. The van der Waals surface area contributed by atoms with Crippen molar-refractivity contribution in [2.75, 3.05) is 6.61 Å². The summed E-state index contributed by atoms with van der Waals surface area (Å²) >= 11 is 0. The maximum absolute atomic E-state index is 10.5. The van der Waals surface area contributed by atoms with Gasteiger partial charge in [-0.15, -0.1) is 0 Å². The molecular weight excluding hydrogens is 308 g/mol. The van der Waals surface area contributed by atoms with Crippen LogP contribution in [0.4, 0.5) is 0 Å². The lowest BCUT2D eigenvalue weighted by Gasteiger charge is -2.57. The van der Waals surface area contributed by atoms with Crippen LogP contribution in [0.25, 0.3) is 0 Å². The number of rotatable bonds is 2. The number of hydrogen-bond acceptors (Lipinski definition) is 2. The lowest BCUT2D eigenvalue weighted by atomic mass is 9.48. The Kier molecular flexibility index (Phi) is 3.73. The highest BCUT2D eigenvalue weighted by atomic mass is 16.3. The fourth-order valence-electron chi connectivity index (χ4n) is 8.86. The Hall–Kier alpha value is -0.0800. The van der Waals surface area contributed by atoms with E-state index in [1.54, 1.807) is 0 Å². The normalized spacial score (nSPS) is 56.6. The quantitative estimate of drug-likeness (QED) is 0.755. The Morgan fingerprint density at radius 3 is 2.28 bits per heavy atom. The van der Waals surface area contributed by atoms with E-state index in [0.717, 1.165) is 48.3 Å². The van der Waals surface area contributed by atoms with Gasteiger partial charge in [0.1, 0.15) is 0 Å². The molecule has 8 atom stereocenters. The molecule has 0 amide bonds. The van der Waals surface area contributed by atoms with Gasteiger partial charge in [-0.25, -0.2) is 0 Å². The van der Waals surface area contributed by atoms with E-state index in [2.05, 4.69) is 13.8 Å². The average Bonchev–Trinajstić information content (AvgIpc) is 3.28. The van der Waals surface area contributed by atoms with Gasteiger partial charge >= 0.3 is 0 Å². The summed E-state index contributed by atoms with van der Waals surface area (Å²) < 4.78 is 0. The van der Waals surface area contributed by atoms with E-state index in [1.807, 2.05) is 0 Å². The monoisotopic (exact) mass is 346 g/mol. The van der Waals surface area contributed by atoms with Gasteiger partial charge in [-0.2, -0.15) is 0 Å². The molecule has 0 saturated heterocycles. The van der Waals surface area contributed by atoms with E-state index in [1.165, 1.54) is 57.8 Å². The number of aliphatic hydroxyl groups is 2. The van der Waals surface area contributed by atoms with Gasteiger partial charge in [0.2, 0.25) is 0 Å². The van der Waals surface area contributed by atoms with Crippen LogP contribution >= 0.6 is 0 Å². The molecule has 142 valence electrons. The second-order valence-corrected chi connectivity index (χ2v) is 11.4. The second kappa shape index (κ2) is 5.47. The van der Waals surface area contributed by atoms with Gasteiger partial charge in [0.25, 0.3) is 0 Å². The largest absolute Gasteiger partial charge is 0.396 e. The number of fused-ring (bicyclic) bond motifs is 5. The smallest absolute Gasteiger partial charge is 0.0622 e. The first-order chi connectivity index (χ1) is 11.9. The first kappa shape index (κ1) is 17.0. The SMILES string of the molecule is C[C@@]1(O)CC[C@H]2[C@H](CC[C@@H]3[C@@H]2CC[C@]2(C)[C@@H](C4(CO)CC4)CC[C@@H]32)C1. The maximum atomic E-state index is 10.5. The Labute approximate surface area is 153 Å². The molecule has 0 spiro atoms. The zero-order chi connectivity index (χ0) is 17.4. The predicted octanol–water partition coefficient (Wildman–Crippen LogP) is 4.78. The van der Waals surface area contributed by atoms with Crippen molar-refractivity contribution in [2.24, 2.45) is 46.3 Å². The molecule has 0 radical (unpaired) electrons. The topological polar surface area (TPSA) is 40.5 Å². The molecule has 0 aromatic carbocycles. The standard InChI is InChI=1S/C23H38O2/c1-21(25)9-7-16-15(13-21)3-4-18-17(16)8-10-22(2)19(18)5-6-20(22)23(14-24)11-12-23/h15-20,24-25H,3-14H2,1-2H3/t15-,16+,17-,18-,19+,20+,21-,22+/m1/s1. The summed E-state index contributed by atoms with van der Waals surface area (Å²) in [6.07, 6.45) is 14.3. The molecule has 5 fully saturated rings. The van der Waals surface area contributed by atoms with Gasteiger partial charge in [-0.1, -0.05) is 6.92 Å². The lowest BCUT2D eigenvalue weighted by Crippen LogP contribution is -2.51. The Morgan fingerprint density at radius 1 is 0.800 bits per heavy atom. The summed E-state index contributed by atoms with van der Waals surface area (Å²) in [6.45, 7) is 5.12. The van der Waals surface area contributed by atoms with E-state index in [-0.39, 0.29) is 0 Å². The summed E-state index contributed by atoms with van der Waals surface area (Å²) in [7, 11) is 0. The van der Waals surface area contributed by atoms with Crippen molar-refractivity contribution in [3.63, 3.8) is 0 Å². The van der Waals surface area contributed by atoms with Gasteiger partial charge < -0.3 is 10.2 Å². The van der Waals surface area contributed by atoms with Crippen LogP contribution in [0.15, 0.2) is 0 Å². The van der Waals surface area contributed by atoms with Gasteiger partial charge in [0, 0.05) is 6.61 Å². The third-order valence-corrected chi connectivity index (χ3v) is 10.2. The molecule has 0 aromatic rings. The van der Waals surface area contributed by atoms with E-state index in [4.69, 9.17) is 0 Å². The number of hydrogen-bond donors (Lipinski definition) is 2. The van der Waals surface area contributed by atoms with Crippen LogP contribution in [0.5, 0.6) is 0 Å². The van der Waals surface area contributed by atoms with E-state index in [9.17, 15) is 10.2 Å². The third-order valence-electron chi connectivity index (χ3n) is 10.2. The fourth-order valence-corrected chi connectivity index (χ4v) is 8.86. The van der Waals surface area contributed by atoms with Crippen molar-refractivity contribution in [1.82, 2.24) is 0 Å². The first-order valence-corrected chi connectivity index (χ1v) is 11.2. The van der Waals surface area contributed by atoms with Crippen molar-refractivity contribution >= 4 is 0 Å². The molecule has 5 saturated carbocycles. The zero-order valence-corrected chi connectivity index (χ0v) is 16.3. The summed E-state index contributed by atoms with van der Waals surface area (Å²) in [5.74, 6) is 5.29. The molecule has 5 aliphatic rings. The molecule has 0 aliphatic heterocycles. The minimum absolute atomic E-state index is 0.317. The first-order valence-electron chi connectivity index (χ1n) is 11.2. The van der Waals surface area contributed by atoms with E-state index < -0.39 is 5.60 Å². The summed E-state index contributed by atoms with van der Waals surface area (Å²) in [5, 5.41) is 20.6. The Morgan fingerprint density at radius 2 is 1.56 bits per heavy atom. The van der Waals surface area contributed by atoms with Gasteiger partial charge in [0.15, 0.2) is 0 Å². The van der Waals surface area contributed by atoms with Crippen molar-refractivity contribution in [3.8, 4) is 0 Å². The van der Waals surface area contributed by atoms with Crippen molar-refractivity contribution in [2.45, 2.75) is 90.1 Å². The molecule has 0 unspecified atom stereocenters. The average molecular weight is 347 g/mol. The van der Waals surface area contributed by atoms with Crippen molar-refractivity contribution in [3.05, 3.63) is 0 Å². The lowest BCUT2D eigenvalue weighted by molar-refractivity contribution is -0.106. The van der Waals surface area contributed by atoms with E-state index >= 15 is 0 Å². The zero-order valence-electron chi connectivity index (χ0n) is 16.3. The molecule has 2 heteroatoms. The highest BCUT2D eigenvalue weighted by Crippen LogP contribution is 2.71. The molecule has 0 aromatic heterocycles. The van der Waals surface area contributed by atoms with Gasteiger partial charge in [-0.05, 0) is 124 Å². The van der Waals surface area contributed by atoms with Crippen molar-refractivity contribution < 1.29 is 10.2 Å². The highest BCUT2D eigenvalue weighted by molar-refractivity contribution is 5.13. The van der Waals surface area contributed by atoms with E-state index in [0.29, 0.717) is 17.4 Å². The van der Waals surface area contributed by atoms with Gasteiger partial charge in [-0.3, -0.25) is 0 Å². The second-order valence-electron chi connectivity index (χ2n) is 11.4.